The summed E-state index contributed by atoms with van der Waals surface area (Å²) >= 11 is 0. The quantitative estimate of drug-likeness (QED) is 0.615. The average molecular weight is 284 g/mol. The van der Waals surface area contributed by atoms with E-state index in [0.29, 0.717) is 0 Å². The summed E-state index contributed by atoms with van der Waals surface area (Å²) in [6.45, 7) is -0.0556. The Labute approximate surface area is 113 Å². The maximum atomic E-state index is 13.2. The molecule has 2 amide bonds. The number of aromatic carboxylic acids is 1. The summed E-state index contributed by atoms with van der Waals surface area (Å²) in [6.07, 6.45) is -2.02. The summed E-state index contributed by atoms with van der Waals surface area (Å²) in [5, 5.41) is 29.8. The molecular formula is C12H13FN2O5. The number of urea groups is 1. The number of amides is 2. The number of β-amino-alcohol motifs (C(OH)–C–C–N with tert-alkyl or cyclic N) is 2. The summed E-state index contributed by atoms with van der Waals surface area (Å²) in [5.74, 6) is -2.34. The zero-order chi connectivity index (χ0) is 14.9. The van der Waals surface area contributed by atoms with Gasteiger partial charge in [0, 0.05) is 5.69 Å². The standard InChI is InChI=1S/C12H13FN2O5/c13-8-2-1-6(3-7(8)11(18)19)14-12(20)15-4-9(16)10(17)5-15/h1-3,9-10,16-17H,4-5H2,(H,14,20)(H,18,19). The first-order chi connectivity index (χ1) is 9.38. The van der Waals surface area contributed by atoms with Crippen LogP contribution in [-0.4, -0.2) is 57.5 Å². The van der Waals surface area contributed by atoms with E-state index in [9.17, 15) is 24.2 Å². The summed E-state index contributed by atoms with van der Waals surface area (Å²) < 4.78 is 13.2. The van der Waals surface area contributed by atoms with Crippen molar-refractivity contribution in [3.63, 3.8) is 0 Å². The van der Waals surface area contributed by atoms with Crippen LogP contribution in [0.5, 0.6) is 0 Å². The Morgan fingerprint density at radius 2 is 1.85 bits per heavy atom. The highest BCUT2D eigenvalue weighted by Crippen LogP contribution is 2.17. The molecule has 1 aromatic rings. The molecule has 2 atom stereocenters. The monoisotopic (exact) mass is 284 g/mol. The number of nitrogens with zero attached hydrogens (tertiary/aromatic N) is 1. The van der Waals surface area contributed by atoms with Gasteiger partial charge < -0.3 is 25.5 Å². The van der Waals surface area contributed by atoms with E-state index in [2.05, 4.69) is 5.32 Å². The van der Waals surface area contributed by atoms with Gasteiger partial charge in [-0.15, -0.1) is 0 Å². The minimum absolute atomic E-state index is 0.0278. The molecule has 1 aromatic carbocycles. The van der Waals surface area contributed by atoms with Crippen LogP contribution in [-0.2, 0) is 0 Å². The lowest BCUT2D eigenvalue weighted by atomic mass is 10.2. The minimum atomic E-state index is -1.44. The summed E-state index contributed by atoms with van der Waals surface area (Å²) in [5.41, 5.74) is -0.436. The van der Waals surface area contributed by atoms with Crippen molar-refractivity contribution in [2.75, 3.05) is 18.4 Å². The van der Waals surface area contributed by atoms with E-state index in [-0.39, 0.29) is 18.8 Å². The molecule has 8 heteroatoms. The van der Waals surface area contributed by atoms with Gasteiger partial charge in [-0.2, -0.15) is 0 Å². The zero-order valence-corrected chi connectivity index (χ0v) is 10.3. The van der Waals surface area contributed by atoms with E-state index in [1.165, 1.54) is 11.0 Å². The molecule has 0 aromatic heterocycles. The molecule has 0 aliphatic carbocycles. The minimum Gasteiger partial charge on any atom is -0.478 e. The Bertz CT molecular complexity index is 541. The smallest absolute Gasteiger partial charge is 0.338 e. The van der Waals surface area contributed by atoms with Gasteiger partial charge in [0.1, 0.15) is 5.82 Å². The number of aliphatic hydroxyl groups excluding tert-OH is 2. The third-order valence-corrected chi connectivity index (χ3v) is 2.99. The third kappa shape index (κ3) is 2.86. The second kappa shape index (κ2) is 5.43. The predicted octanol–water partition coefficient (Wildman–Crippen LogP) is 0.0932. The molecule has 2 unspecified atom stereocenters. The Morgan fingerprint density at radius 3 is 2.40 bits per heavy atom. The highest BCUT2D eigenvalue weighted by molar-refractivity contribution is 5.93. The maximum Gasteiger partial charge on any atom is 0.338 e. The van der Waals surface area contributed by atoms with Crippen molar-refractivity contribution in [2.24, 2.45) is 0 Å². The van der Waals surface area contributed by atoms with E-state index in [0.717, 1.165) is 12.1 Å². The summed E-state index contributed by atoms with van der Waals surface area (Å²) in [4.78, 5) is 23.8. The third-order valence-electron chi connectivity index (χ3n) is 2.99. The molecule has 1 fully saturated rings. The Morgan fingerprint density at radius 1 is 1.25 bits per heavy atom. The second-order valence-corrected chi connectivity index (χ2v) is 4.47. The fraction of sp³-hybridized carbons (Fsp3) is 0.333. The van der Waals surface area contributed by atoms with Gasteiger partial charge in [-0.1, -0.05) is 0 Å². The van der Waals surface area contributed by atoms with Gasteiger partial charge in [0.15, 0.2) is 0 Å². The molecule has 2 rings (SSSR count). The van der Waals surface area contributed by atoms with Crippen molar-refractivity contribution in [1.29, 1.82) is 0 Å². The number of rotatable bonds is 2. The summed E-state index contributed by atoms with van der Waals surface area (Å²) in [6, 6.07) is 2.55. The molecule has 0 saturated carbocycles. The maximum absolute atomic E-state index is 13.2. The lowest BCUT2D eigenvalue weighted by molar-refractivity contribution is 0.0572. The van der Waals surface area contributed by atoms with Crippen LogP contribution >= 0.6 is 0 Å². The van der Waals surface area contributed by atoms with Gasteiger partial charge in [0.2, 0.25) is 0 Å². The number of carbonyl (C=O) groups excluding carboxylic acids is 1. The molecule has 1 aliphatic rings. The summed E-state index contributed by atoms with van der Waals surface area (Å²) in [7, 11) is 0. The number of aliphatic hydroxyl groups is 2. The molecule has 1 saturated heterocycles. The fourth-order valence-corrected chi connectivity index (χ4v) is 1.90. The largest absolute Gasteiger partial charge is 0.478 e. The number of hydrogen-bond donors (Lipinski definition) is 4. The van der Waals surface area contributed by atoms with Crippen molar-refractivity contribution in [1.82, 2.24) is 4.90 Å². The molecule has 0 radical (unpaired) electrons. The number of anilines is 1. The number of hydrogen-bond acceptors (Lipinski definition) is 4. The first kappa shape index (κ1) is 14.2. The van der Waals surface area contributed by atoms with Crippen LogP contribution in [0, 0.1) is 5.82 Å². The van der Waals surface area contributed by atoms with Crippen LogP contribution in [0.25, 0.3) is 0 Å². The van der Waals surface area contributed by atoms with Gasteiger partial charge in [-0.25, -0.2) is 14.0 Å². The number of carbonyl (C=O) groups is 2. The average Bonchev–Trinajstić information content (AvgIpc) is 2.72. The van der Waals surface area contributed by atoms with Gasteiger partial charge in [-0.05, 0) is 18.2 Å². The number of carboxylic acid groups (broad SMARTS) is 1. The molecule has 7 nitrogen and oxygen atoms in total. The number of halogens is 1. The lowest BCUT2D eigenvalue weighted by Crippen LogP contribution is -2.34. The van der Waals surface area contributed by atoms with Crippen LogP contribution in [0.2, 0.25) is 0 Å². The van der Waals surface area contributed by atoms with Gasteiger partial charge in [-0.3, -0.25) is 0 Å². The van der Waals surface area contributed by atoms with Crippen LogP contribution < -0.4 is 5.32 Å². The van der Waals surface area contributed by atoms with Crippen molar-refractivity contribution in [2.45, 2.75) is 12.2 Å². The second-order valence-electron chi connectivity index (χ2n) is 4.47. The Balaban J connectivity index is 2.09. The molecule has 4 N–H and O–H groups in total. The molecule has 108 valence electrons. The number of nitrogens with one attached hydrogen (secondary N) is 1. The van der Waals surface area contributed by atoms with Crippen LogP contribution in [0.1, 0.15) is 10.4 Å². The number of likely N-dealkylation sites (tertiary alicyclic amines) is 1. The lowest BCUT2D eigenvalue weighted by Gasteiger charge is -2.16. The van der Waals surface area contributed by atoms with E-state index >= 15 is 0 Å². The molecular weight excluding hydrogens is 271 g/mol. The number of benzene rings is 1. The molecule has 1 heterocycles. The Hall–Kier alpha value is -2.19. The van der Waals surface area contributed by atoms with Crippen molar-refractivity contribution in [3.8, 4) is 0 Å². The van der Waals surface area contributed by atoms with Crippen molar-refractivity contribution < 1.29 is 29.3 Å². The van der Waals surface area contributed by atoms with Crippen LogP contribution in [0.15, 0.2) is 18.2 Å². The topological polar surface area (TPSA) is 110 Å². The molecule has 20 heavy (non-hydrogen) atoms. The SMILES string of the molecule is O=C(O)c1cc(NC(=O)N2CC(O)C(O)C2)ccc1F. The normalized spacial score (nSPS) is 21.9. The highest BCUT2D eigenvalue weighted by Gasteiger charge is 2.32. The molecule has 0 bridgehead atoms. The van der Waals surface area contributed by atoms with Gasteiger partial charge >= 0.3 is 12.0 Å². The van der Waals surface area contributed by atoms with E-state index < -0.39 is 35.6 Å². The zero-order valence-electron chi connectivity index (χ0n) is 10.3. The molecule has 0 spiro atoms. The predicted molar refractivity (Wildman–Crippen MR) is 66.0 cm³/mol. The van der Waals surface area contributed by atoms with Crippen molar-refractivity contribution >= 4 is 17.7 Å². The van der Waals surface area contributed by atoms with Gasteiger partial charge in [0.05, 0.1) is 30.9 Å². The van der Waals surface area contributed by atoms with Crippen molar-refractivity contribution in [3.05, 3.63) is 29.6 Å². The first-order valence-electron chi connectivity index (χ1n) is 5.83. The number of carboxylic acids is 1. The van der Waals surface area contributed by atoms with Crippen LogP contribution in [0.3, 0.4) is 0 Å². The highest BCUT2D eigenvalue weighted by atomic mass is 19.1. The van der Waals surface area contributed by atoms with E-state index in [1.54, 1.807) is 0 Å². The van der Waals surface area contributed by atoms with E-state index in [4.69, 9.17) is 5.11 Å². The van der Waals surface area contributed by atoms with Crippen LogP contribution in [0.4, 0.5) is 14.9 Å². The fourth-order valence-electron chi connectivity index (χ4n) is 1.90. The Kier molecular flexibility index (Phi) is 3.86. The van der Waals surface area contributed by atoms with E-state index in [1.807, 2.05) is 0 Å². The first-order valence-corrected chi connectivity index (χ1v) is 5.83. The molecule has 1 aliphatic heterocycles. The van der Waals surface area contributed by atoms with Gasteiger partial charge in [0.25, 0.3) is 0 Å².